The number of hydrogen-bond donors (Lipinski definition) is 0. The summed E-state index contributed by atoms with van der Waals surface area (Å²) >= 11 is 0. The van der Waals surface area contributed by atoms with Crippen LogP contribution in [0.4, 0.5) is 4.39 Å². The molecule has 0 atom stereocenters. The van der Waals surface area contributed by atoms with E-state index in [0.717, 1.165) is 45.9 Å². The van der Waals surface area contributed by atoms with E-state index in [1.807, 2.05) is 53.2 Å². The number of para-hydroxylation sites is 1. The highest BCUT2D eigenvalue weighted by Crippen LogP contribution is 2.48. The molecule has 2 heterocycles. The van der Waals surface area contributed by atoms with E-state index >= 15 is 4.39 Å². The van der Waals surface area contributed by atoms with E-state index in [-0.39, 0.29) is 5.82 Å². The summed E-state index contributed by atoms with van der Waals surface area (Å²) in [6, 6.07) is 53.5. The summed E-state index contributed by atoms with van der Waals surface area (Å²) < 4.78 is 18.3. The molecular weight excluding hydrogens is 660 g/mol. The zero-order chi connectivity index (χ0) is 35.8. The molecule has 10 aromatic rings. The van der Waals surface area contributed by atoms with Gasteiger partial charge in [0.2, 0.25) is 0 Å². The minimum absolute atomic E-state index is 0.262. The van der Waals surface area contributed by atoms with Crippen molar-refractivity contribution >= 4 is 60.2 Å². The van der Waals surface area contributed by atoms with E-state index in [2.05, 4.69) is 120 Å². The first-order valence-electron chi connectivity index (χ1n) is 18.6. The van der Waals surface area contributed by atoms with E-state index in [0.29, 0.717) is 5.52 Å². The molecule has 2 nitrogen and oxygen atoms in total. The maximum atomic E-state index is 16.3. The Morgan fingerprint density at radius 3 is 2.15 bits per heavy atom. The third-order valence-corrected chi connectivity index (χ3v) is 11.4. The van der Waals surface area contributed by atoms with Crippen molar-refractivity contribution < 1.29 is 4.39 Å². The number of nitrogens with zero attached hydrogens (tertiary/aromatic N) is 2. The van der Waals surface area contributed by atoms with Crippen molar-refractivity contribution in [3.8, 4) is 39.1 Å². The van der Waals surface area contributed by atoms with Gasteiger partial charge in [0.15, 0.2) is 0 Å². The first-order chi connectivity index (χ1) is 26.7. The number of pyridine rings is 1. The van der Waals surface area contributed by atoms with E-state index in [4.69, 9.17) is 0 Å². The molecule has 0 unspecified atom stereocenters. The molecule has 54 heavy (non-hydrogen) atoms. The number of fused-ring (bicyclic) bond motifs is 7. The molecule has 0 fully saturated rings. The number of benzene rings is 8. The standard InChI is InChI=1S/C51H33FN2/c52-46-27-26-38(50-44-28-29-53-31-47(44)54(51(46)50)35-16-2-1-3-17-35)34-24-25-43-45(30-34)49(40-23-11-15-33-13-5-7-19-37(33)40)42-21-9-8-20-41(42)48(43)39-22-10-14-32-12-4-6-18-36(32)39/h1-4,6-12,14-31H,5,13H2. The molecule has 0 radical (unpaired) electrons. The molecule has 0 N–H and O–H groups in total. The number of aromatic nitrogens is 2. The first kappa shape index (κ1) is 30.8. The third kappa shape index (κ3) is 4.55. The summed E-state index contributed by atoms with van der Waals surface area (Å²) in [4.78, 5) is 4.49. The van der Waals surface area contributed by atoms with Gasteiger partial charge >= 0.3 is 0 Å². The molecule has 8 aromatic carbocycles. The average Bonchev–Trinajstić information content (AvgIpc) is 3.59. The van der Waals surface area contributed by atoms with Crippen LogP contribution in [0.15, 0.2) is 170 Å². The molecule has 0 aliphatic heterocycles. The van der Waals surface area contributed by atoms with Crippen LogP contribution in [0.3, 0.4) is 0 Å². The van der Waals surface area contributed by atoms with Gasteiger partial charge in [0.05, 0.1) is 17.2 Å². The molecule has 0 bridgehead atoms. The fourth-order valence-corrected chi connectivity index (χ4v) is 9.09. The summed E-state index contributed by atoms with van der Waals surface area (Å²) in [7, 11) is 0. The number of aryl methyl sites for hydroxylation is 1. The molecule has 1 aliphatic carbocycles. The number of allylic oxidation sites excluding steroid dienone is 1. The van der Waals surface area contributed by atoms with Gasteiger partial charge in [-0.1, -0.05) is 133 Å². The van der Waals surface area contributed by atoms with Crippen LogP contribution < -0.4 is 0 Å². The van der Waals surface area contributed by atoms with Crippen LogP contribution in [0.5, 0.6) is 0 Å². The van der Waals surface area contributed by atoms with Gasteiger partial charge < -0.3 is 4.57 Å². The Morgan fingerprint density at radius 2 is 1.28 bits per heavy atom. The summed E-state index contributed by atoms with van der Waals surface area (Å²) in [6.07, 6.45) is 10.3. The zero-order valence-electron chi connectivity index (χ0n) is 29.4. The quantitative estimate of drug-likeness (QED) is 0.168. The van der Waals surface area contributed by atoms with Crippen LogP contribution >= 0.6 is 0 Å². The molecule has 3 heteroatoms. The van der Waals surface area contributed by atoms with Gasteiger partial charge in [-0.2, -0.15) is 0 Å². The monoisotopic (exact) mass is 692 g/mol. The van der Waals surface area contributed by atoms with Gasteiger partial charge in [0.25, 0.3) is 0 Å². The number of halogens is 1. The second-order valence-electron chi connectivity index (χ2n) is 14.3. The number of hydrogen-bond acceptors (Lipinski definition) is 1. The van der Waals surface area contributed by atoms with Crippen LogP contribution in [-0.2, 0) is 6.42 Å². The fraction of sp³-hybridized carbons (Fsp3) is 0.0392. The maximum absolute atomic E-state index is 16.3. The Bertz CT molecular complexity index is 3160. The predicted octanol–water partition coefficient (Wildman–Crippen LogP) is 13.7. The van der Waals surface area contributed by atoms with Gasteiger partial charge in [-0.3, -0.25) is 4.98 Å². The lowest BCUT2D eigenvalue weighted by molar-refractivity contribution is 0.635. The predicted molar refractivity (Wildman–Crippen MR) is 225 cm³/mol. The number of rotatable bonds is 4. The van der Waals surface area contributed by atoms with E-state index < -0.39 is 0 Å². The molecule has 254 valence electrons. The Labute approximate surface area is 312 Å². The van der Waals surface area contributed by atoms with Crippen molar-refractivity contribution in [1.82, 2.24) is 9.55 Å². The van der Waals surface area contributed by atoms with Crippen LogP contribution in [0.25, 0.3) is 99.3 Å². The summed E-state index contributed by atoms with van der Waals surface area (Å²) in [5, 5.41) is 9.10. The molecule has 2 aromatic heterocycles. The molecule has 0 amide bonds. The lowest BCUT2D eigenvalue weighted by atomic mass is 9.81. The average molecular weight is 693 g/mol. The summed E-state index contributed by atoms with van der Waals surface area (Å²) in [6.45, 7) is 0. The van der Waals surface area contributed by atoms with Crippen molar-refractivity contribution in [2.24, 2.45) is 0 Å². The Hall–Kier alpha value is -6.84. The minimum Gasteiger partial charge on any atom is -0.305 e. The molecule has 1 aliphatic rings. The largest absolute Gasteiger partial charge is 0.305 e. The van der Waals surface area contributed by atoms with Crippen molar-refractivity contribution in [1.29, 1.82) is 0 Å². The van der Waals surface area contributed by atoms with Crippen molar-refractivity contribution in [2.45, 2.75) is 12.8 Å². The van der Waals surface area contributed by atoms with Crippen LogP contribution in [0, 0.1) is 5.82 Å². The highest BCUT2D eigenvalue weighted by Gasteiger charge is 2.23. The van der Waals surface area contributed by atoms with Crippen molar-refractivity contribution in [3.63, 3.8) is 0 Å². The molecular formula is C51H33FN2. The highest BCUT2D eigenvalue weighted by atomic mass is 19.1. The molecule has 0 saturated heterocycles. The minimum atomic E-state index is -0.262. The van der Waals surface area contributed by atoms with Crippen molar-refractivity contribution in [2.75, 3.05) is 0 Å². The fourth-order valence-electron chi connectivity index (χ4n) is 9.09. The first-order valence-corrected chi connectivity index (χ1v) is 18.6. The van der Waals surface area contributed by atoms with Crippen LogP contribution in [-0.4, -0.2) is 9.55 Å². The van der Waals surface area contributed by atoms with E-state index in [1.54, 1.807) is 12.3 Å². The lowest BCUT2D eigenvalue weighted by Crippen LogP contribution is -1.98. The van der Waals surface area contributed by atoms with Crippen molar-refractivity contribution in [3.05, 3.63) is 187 Å². The topological polar surface area (TPSA) is 17.8 Å². The molecule has 11 rings (SSSR count). The normalized spacial score (nSPS) is 12.7. The zero-order valence-corrected chi connectivity index (χ0v) is 29.4. The smallest absolute Gasteiger partial charge is 0.147 e. The second kappa shape index (κ2) is 12.1. The summed E-state index contributed by atoms with van der Waals surface area (Å²) in [5.41, 5.74) is 11.9. The van der Waals surface area contributed by atoms with Gasteiger partial charge in [0.1, 0.15) is 5.82 Å². The molecule has 0 spiro atoms. The van der Waals surface area contributed by atoms with Gasteiger partial charge in [0, 0.05) is 22.7 Å². The van der Waals surface area contributed by atoms with Crippen LogP contribution in [0.2, 0.25) is 0 Å². The SMILES string of the molecule is Fc1ccc(-c2ccc3c(-c4cccc5ccccc45)c4ccccc4c(-c4cccc5c4C=CCC5)c3c2)c2c3ccncc3n(-c3ccccc3)c12. The van der Waals surface area contributed by atoms with E-state index in [1.165, 1.54) is 65.7 Å². The Kier molecular flexibility index (Phi) is 6.90. The van der Waals surface area contributed by atoms with E-state index in [9.17, 15) is 0 Å². The van der Waals surface area contributed by atoms with Crippen LogP contribution in [0.1, 0.15) is 17.5 Å². The molecule has 0 saturated carbocycles. The Balaban J connectivity index is 1.29. The Morgan fingerprint density at radius 1 is 0.556 bits per heavy atom. The van der Waals surface area contributed by atoms with Gasteiger partial charge in [-0.05, 0) is 120 Å². The van der Waals surface area contributed by atoms with Gasteiger partial charge in [-0.25, -0.2) is 4.39 Å². The van der Waals surface area contributed by atoms with Gasteiger partial charge in [-0.15, -0.1) is 0 Å². The lowest BCUT2D eigenvalue weighted by Gasteiger charge is -2.22. The third-order valence-electron chi connectivity index (χ3n) is 11.4. The second-order valence-corrected chi connectivity index (χ2v) is 14.3. The summed E-state index contributed by atoms with van der Waals surface area (Å²) in [5.74, 6) is -0.262. The highest BCUT2D eigenvalue weighted by molar-refractivity contribution is 6.25. The maximum Gasteiger partial charge on any atom is 0.147 e.